The molecule has 0 saturated heterocycles. The number of carbonyl (C=O) groups is 1. The van der Waals surface area contributed by atoms with Gasteiger partial charge in [0, 0.05) is 12.4 Å². The Morgan fingerprint density at radius 2 is 1.30 bits per heavy atom. The fourth-order valence-electron chi connectivity index (χ4n) is 1.03. The van der Waals surface area contributed by atoms with E-state index in [0.29, 0.717) is 0 Å². The maximum Gasteiger partial charge on any atom is 2.00 e. The summed E-state index contributed by atoms with van der Waals surface area (Å²) in [6.45, 7) is 0. The number of rotatable bonds is 2. The first-order valence-corrected chi connectivity index (χ1v) is 6.39. The van der Waals surface area contributed by atoms with Gasteiger partial charge in [-0.05, 0) is 24.3 Å². The second-order valence-corrected chi connectivity index (χ2v) is 3.63. The molecule has 2 aromatic rings. The molecule has 1 radical (unpaired) electrons. The molecular formula is C12H9CuF3N2O4S. The van der Waals surface area contributed by atoms with Gasteiger partial charge in [-0.15, -0.1) is 0 Å². The minimum Gasteiger partial charge on any atom is -0.544 e. The minimum atomic E-state index is -3.36. The predicted octanol–water partition coefficient (Wildman–Crippen LogP) is 1.32. The van der Waals surface area contributed by atoms with E-state index >= 15 is 0 Å². The molecule has 0 bridgehead atoms. The molecule has 0 spiro atoms. The Bertz CT molecular complexity index is 585. The number of hydrogen-bond acceptors (Lipinski definition) is 7. The fraction of sp³-hybridized carbons (Fsp3) is 0.0833. The first kappa shape index (κ1) is 23.3. The molecule has 0 unspecified atom stereocenters. The van der Waals surface area contributed by atoms with Gasteiger partial charge in [0.05, 0.1) is 22.5 Å². The summed E-state index contributed by atoms with van der Waals surface area (Å²) in [6, 6.07) is 11.6. The number of carbonyl (C=O) groups excluding carboxylic acids is 1. The molecule has 0 fully saturated rings. The minimum absolute atomic E-state index is 0. The van der Waals surface area contributed by atoms with Gasteiger partial charge in [-0.3, -0.25) is 9.97 Å². The predicted molar refractivity (Wildman–Crippen MR) is 68.3 cm³/mol. The molecule has 11 heteroatoms. The van der Waals surface area contributed by atoms with Crippen molar-refractivity contribution in [2.75, 3.05) is 0 Å². The molecule has 0 aliphatic heterocycles. The van der Waals surface area contributed by atoms with Crippen LogP contribution in [0.15, 0.2) is 48.8 Å². The number of nitrogens with zero attached hydrogens (tertiary/aromatic N) is 2. The van der Waals surface area contributed by atoms with Crippen molar-refractivity contribution in [3.8, 4) is 11.4 Å². The van der Waals surface area contributed by atoms with Crippen molar-refractivity contribution < 1.29 is 48.1 Å². The Hall–Kier alpha value is -1.97. The molecule has 0 aliphatic rings. The van der Waals surface area contributed by atoms with E-state index in [1.165, 1.54) is 0 Å². The maximum atomic E-state index is 10.5. The Kier molecular flexibility index (Phi) is 13.9. The molecular weight excluding hydrogens is 389 g/mol. The van der Waals surface area contributed by atoms with Crippen molar-refractivity contribution in [2.45, 2.75) is 6.43 Å². The third-order valence-corrected chi connectivity index (χ3v) is 1.77. The van der Waals surface area contributed by atoms with Crippen LogP contribution in [0.5, 0.6) is 0 Å². The van der Waals surface area contributed by atoms with Crippen LogP contribution in [-0.4, -0.2) is 22.4 Å². The van der Waals surface area contributed by atoms with Crippen LogP contribution in [-0.2, 0) is 41.4 Å². The van der Waals surface area contributed by atoms with Crippen molar-refractivity contribution in [3.05, 3.63) is 48.8 Å². The van der Waals surface area contributed by atoms with Crippen LogP contribution < -0.4 is 5.11 Å². The normalized spacial score (nSPS) is 8.91. The number of halogens is 3. The number of hydrogen-bond donors (Lipinski definition) is 0. The zero-order valence-electron chi connectivity index (χ0n) is 11.1. The van der Waals surface area contributed by atoms with Gasteiger partial charge in [-0.2, -0.15) is 0 Å². The van der Waals surface area contributed by atoms with Crippen LogP contribution in [0.3, 0.4) is 0 Å². The van der Waals surface area contributed by atoms with E-state index in [4.69, 9.17) is 18.3 Å². The van der Waals surface area contributed by atoms with Crippen LogP contribution in [0, 0.1) is 0 Å². The van der Waals surface area contributed by atoms with E-state index in [9.17, 15) is 12.7 Å². The summed E-state index contributed by atoms with van der Waals surface area (Å²) in [6.07, 6.45) is 0.193. The molecule has 2 aromatic heterocycles. The summed E-state index contributed by atoms with van der Waals surface area (Å²) in [5, 5.41) is 8.84. The van der Waals surface area contributed by atoms with Gasteiger partial charge in [0.15, 0.2) is 0 Å². The van der Waals surface area contributed by atoms with Crippen LogP contribution in [0.4, 0.5) is 12.7 Å². The molecule has 2 heterocycles. The van der Waals surface area contributed by atoms with Crippen molar-refractivity contribution in [3.63, 3.8) is 0 Å². The summed E-state index contributed by atoms with van der Waals surface area (Å²) >= 11 is -3.36. The number of pyridine rings is 2. The van der Waals surface area contributed by atoms with E-state index in [-0.39, 0.29) is 17.1 Å². The first-order valence-electron chi connectivity index (χ1n) is 5.41. The second kappa shape index (κ2) is 13.7. The van der Waals surface area contributed by atoms with Crippen LogP contribution in [0.2, 0.25) is 0 Å². The molecule has 0 saturated carbocycles. The second-order valence-electron chi connectivity index (χ2n) is 3.24. The molecule has 0 aliphatic carbocycles. The summed E-state index contributed by atoms with van der Waals surface area (Å²) in [5.74, 6) is -2.32. The number of alkyl halides is 2. The zero-order chi connectivity index (χ0) is 17.0. The van der Waals surface area contributed by atoms with E-state index in [1.807, 2.05) is 36.4 Å². The molecule has 0 N–H and O–H groups in total. The smallest absolute Gasteiger partial charge is 0.544 e. The van der Waals surface area contributed by atoms with Gasteiger partial charge in [0.2, 0.25) is 0 Å². The van der Waals surface area contributed by atoms with Gasteiger partial charge in [-0.1, -0.05) is 12.1 Å². The molecule has 0 atom stereocenters. The number of aromatic nitrogens is 2. The summed E-state index contributed by atoms with van der Waals surface area (Å²) < 4.78 is 47.6. The van der Waals surface area contributed by atoms with E-state index < -0.39 is 23.5 Å². The standard InChI is InChI=1S/C10H8N2.C2H2F2O2.Cu.FO2S/c1-3-7-11-9(5-1)10-6-2-4-8-12-10;3-1(4)2(5)6;;1-4(2)3/h1-8H;1H,(H,5,6);;/q;;+2;-1/p-1. The van der Waals surface area contributed by atoms with Gasteiger partial charge in [0.1, 0.15) is 5.97 Å². The maximum absolute atomic E-state index is 10.5. The largest absolute Gasteiger partial charge is 2.00 e. The molecule has 6 nitrogen and oxygen atoms in total. The van der Waals surface area contributed by atoms with Crippen LogP contribution in [0.25, 0.3) is 11.4 Å². The molecule has 0 aromatic carbocycles. The molecule has 2 rings (SSSR count). The average Bonchev–Trinajstić information content (AvgIpc) is 2.49. The van der Waals surface area contributed by atoms with E-state index in [2.05, 4.69) is 9.97 Å². The third-order valence-electron chi connectivity index (χ3n) is 1.77. The number of carboxylic acid groups (broad SMARTS) is 1. The van der Waals surface area contributed by atoms with E-state index in [1.54, 1.807) is 12.4 Å². The quantitative estimate of drug-likeness (QED) is 0.430. The van der Waals surface area contributed by atoms with Crippen molar-refractivity contribution in [2.24, 2.45) is 0 Å². The summed E-state index contributed by atoms with van der Waals surface area (Å²) in [5.41, 5.74) is 1.83. The Morgan fingerprint density at radius 1 is 1.00 bits per heavy atom. The summed E-state index contributed by atoms with van der Waals surface area (Å²) in [4.78, 5) is 17.2. The average molecular weight is 398 g/mol. The molecule has 23 heavy (non-hydrogen) atoms. The van der Waals surface area contributed by atoms with Crippen molar-refractivity contribution in [1.29, 1.82) is 0 Å². The van der Waals surface area contributed by atoms with Crippen molar-refractivity contribution >= 4 is 17.1 Å². The topological polar surface area (TPSA) is 100 Å². The van der Waals surface area contributed by atoms with Gasteiger partial charge in [-0.25, -0.2) is 8.78 Å². The van der Waals surface area contributed by atoms with Gasteiger partial charge < -0.3 is 22.2 Å². The number of carboxylic acids is 1. The molecule has 129 valence electrons. The molecule has 0 amide bonds. The fourth-order valence-corrected chi connectivity index (χ4v) is 1.03. The zero-order valence-corrected chi connectivity index (χ0v) is 12.8. The monoisotopic (exact) mass is 397 g/mol. The summed E-state index contributed by atoms with van der Waals surface area (Å²) in [7, 11) is 0. The van der Waals surface area contributed by atoms with E-state index in [0.717, 1.165) is 11.4 Å². The van der Waals surface area contributed by atoms with Crippen molar-refractivity contribution in [1.82, 2.24) is 9.97 Å². The SMILES string of the molecule is O=C([O-])C(F)F.O=[S-](=O)F.[Cu+2].c1ccc(-c2ccccn2)nc1. The number of aliphatic carboxylic acids is 1. The Labute approximate surface area is 142 Å². The van der Waals surface area contributed by atoms with Gasteiger partial charge >= 0.3 is 17.1 Å². The Balaban J connectivity index is 0. The Morgan fingerprint density at radius 3 is 1.48 bits per heavy atom. The van der Waals surface area contributed by atoms with Crippen LogP contribution >= 0.6 is 0 Å². The van der Waals surface area contributed by atoms with Gasteiger partial charge in [0.25, 0.3) is 6.43 Å². The first-order chi connectivity index (χ1) is 10.3. The third kappa shape index (κ3) is 13.4. The van der Waals surface area contributed by atoms with Crippen LogP contribution in [0.1, 0.15) is 0 Å².